The Kier molecular flexibility index (Phi) is 6.99. The Labute approximate surface area is 170 Å². The lowest BCUT2D eigenvalue weighted by molar-refractivity contribution is -0.125. The van der Waals surface area contributed by atoms with Crippen LogP contribution in [0.4, 0.5) is 0 Å². The van der Waals surface area contributed by atoms with E-state index < -0.39 is 5.97 Å². The molecule has 0 spiro atoms. The van der Waals surface area contributed by atoms with E-state index >= 15 is 0 Å². The van der Waals surface area contributed by atoms with Gasteiger partial charge in [-0.05, 0) is 63.5 Å². The molecule has 3 rings (SSSR count). The quantitative estimate of drug-likeness (QED) is 0.463. The first-order valence-electron chi connectivity index (χ1n) is 9.91. The van der Waals surface area contributed by atoms with Crippen molar-refractivity contribution in [3.63, 3.8) is 0 Å². The summed E-state index contributed by atoms with van der Waals surface area (Å²) in [7, 11) is 0. The SMILES string of the molecule is C[C@H](NC(=O)COC(=O)c1ccccc1SCC(=O)N[C@@H](C)C1CC1)C1CC1. The predicted molar refractivity (Wildman–Crippen MR) is 108 cm³/mol. The Morgan fingerprint density at radius 1 is 1.00 bits per heavy atom. The molecule has 0 saturated heterocycles. The molecule has 2 saturated carbocycles. The van der Waals surface area contributed by atoms with Gasteiger partial charge in [0, 0.05) is 17.0 Å². The van der Waals surface area contributed by atoms with Crippen molar-refractivity contribution in [2.75, 3.05) is 12.4 Å². The largest absolute Gasteiger partial charge is 0.452 e. The molecular formula is C21H28N2O4S. The molecule has 152 valence electrons. The second-order valence-electron chi connectivity index (χ2n) is 7.75. The van der Waals surface area contributed by atoms with Gasteiger partial charge in [-0.1, -0.05) is 12.1 Å². The van der Waals surface area contributed by atoms with E-state index in [0.29, 0.717) is 22.3 Å². The first-order valence-corrected chi connectivity index (χ1v) is 10.9. The summed E-state index contributed by atoms with van der Waals surface area (Å²) in [4.78, 5) is 37.1. The number of esters is 1. The summed E-state index contributed by atoms with van der Waals surface area (Å²) in [5.41, 5.74) is 0.374. The Morgan fingerprint density at radius 3 is 2.18 bits per heavy atom. The van der Waals surface area contributed by atoms with Crippen LogP contribution in [0.25, 0.3) is 0 Å². The molecule has 0 unspecified atom stereocenters. The average Bonchev–Trinajstić information content (AvgIpc) is 3.57. The fourth-order valence-electron chi connectivity index (χ4n) is 3.13. The average molecular weight is 405 g/mol. The van der Waals surface area contributed by atoms with Crippen LogP contribution in [0.15, 0.2) is 29.2 Å². The molecule has 1 aromatic rings. The Balaban J connectivity index is 1.47. The maximum atomic E-state index is 12.4. The van der Waals surface area contributed by atoms with Gasteiger partial charge in [-0.25, -0.2) is 4.79 Å². The third kappa shape index (κ3) is 6.26. The number of amides is 2. The molecule has 2 aliphatic rings. The molecule has 2 atom stereocenters. The fraction of sp³-hybridized carbons (Fsp3) is 0.571. The highest BCUT2D eigenvalue weighted by molar-refractivity contribution is 8.00. The van der Waals surface area contributed by atoms with E-state index in [1.54, 1.807) is 18.2 Å². The van der Waals surface area contributed by atoms with Crippen molar-refractivity contribution in [3.05, 3.63) is 29.8 Å². The zero-order valence-electron chi connectivity index (χ0n) is 16.4. The van der Waals surface area contributed by atoms with Crippen molar-refractivity contribution in [2.24, 2.45) is 11.8 Å². The van der Waals surface area contributed by atoms with Crippen LogP contribution in [-0.4, -0.2) is 42.2 Å². The zero-order chi connectivity index (χ0) is 20.1. The lowest BCUT2D eigenvalue weighted by Gasteiger charge is -2.14. The highest BCUT2D eigenvalue weighted by Crippen LogP contribution is 2.33. The molecule has 0 bridgehead atoms. The molecule has 1 aromatic carbocycles. The van der Waals surface area contributed by atoms with E-state index in [1.807, 2.05) is 19.9 Å². The van der Waals surface area contributed by atoms with Gasteiger partial charge in [0.05, 0.1) is 11.3 Å². The van der Waals surface area contributed by atoms with Crippen LogP contribution in [0, 0.1) is 11.8 Å². The molecular weight excluding hydrogens is 376 g/mol. The molecule has 0 aromatic heterocycles. The molecule has 7 heteroatoms. The minimum absolute atomic E-state index is 0.0407. The summed E-state index contributed by atoms with van der Waals surface area (Å²) < 4.78 is 5.18. The summed E-state index contributed by atoms with van der Waals surface area (Å²) in [6.07, 6.45) is 4.63. The summed E-state index contributed by atoms with van der Waals surface area (Å²) >= 11 is 1.30. The van der Waals surface area contributed by atoms with Gasteiger partial charge in [-0.15, -0.1) is 11.8 Å². The minimum Gasteiger partial charge on any atom is -0.452 e. The normalized spacial score (nSPS) is 18.1. The number of benzene rings is 1. The molecule has 6 nitrogen and oxygen atoms in total. The van der Waals surface area contributed by atoms with Crippen molar-refractivity contribution in [1.29, 1.82) is 0 Å². The van der Waals surface area contributed by atoms with Crippen LogP contribution >= 0.6 is 11.8 Å². The highest BCUT2D eigenvalue weighted by Gasteiger charge is 2.30. The number of carbonyl (C=O) groups is 3. The standard InChI is InChI=1S/C21H28N2O4S/c1-13(15-7-8-15)22-19(24)11-27-21(26)17-5-3-4-6-18(17)28-12-20(25)23-14(2)16-9-10-16/h3-6,13-16H,7-12H2,1-2H3,(H,22,24)(H,23,25)/t13-,14-/m0/s1. The zero-order valence-corrected chi connectivity index (χ0v) is 17.2. The number of thioether (sulfide) groups is 1. The number of hydrogen-bond acceptors (Lipinski definition) is 5. The lowest BCUT2D eigenvalue weighted by atomic mass is 10.2. The molecule has 0 radical (unpaired) electrons. The van der Waals surface area contributed by atoms with Crippen molar-refractivity contribution < 1.29 is 19.1 Å². The molecule has 2 N–H and O–H groups in total. The minimum atomic E-state index is -0.552. The first-order chi connectivity index (χ1) is 13.4. The van der Waals surface area contributed by atoms with Crippen molar-refractivity contribution in [3.8, 4) is 0 Å². The Morgan fingerprint density at radius 2 is 1.57 bits per heavy atom. The number of nitrogens with one attached hydrogen (secondary N) is 2. The van der Waals surface area contributed by atoms with E-state index in [-0.39, 0.29) is 36.3 Å². The van der Waals surface area contributed by atoms with E-state index in [4.69, 9.17) is 4.74 Å². The van der Waals surface area contributed by atoms with Gasteiger partial charge in [0.15, 0.2) is 6.61 Å². The summed E-state index contributed by atoms with van der Waals surface area (Å²) in [6.45, 7) is 3.70. The summed E-state index contributed by atoms with van der Waals surface area (Å²) in [5.74, 6) is 0.507. The van der Waals surface area contributed by atoms with Gasteiger partial charge in [-0.3, -0.25) is 9.59 Å². The van der Waals surface area contributed by atoms with E-state index in [2.05, 4.69) is 10.6 Å². The van der Waals surface area contributed by atoms with Gasteiger partial charge in [-0.2, -0.15) is 0 Å². The van der Waals surface area contributed by atoms with Crippen LogP contribution in [0.1, 0.15) is 49.9 Å². The molecule has 2 fully saturated rings. The highest BCUT2D eigenvalue weighted by atomic mass is 32.2. The molecule has 2 amide bonds. The van der Waals surface area contributed by atoms with Crippen molar-refractivity contribution >= 4 is 29.5 Å². The third-order valence-corrected chi connectivity index (χ3v) is 6.31. The molecule has 28 heavy (non-hydrogen) atoms. The molecule has 0 aliphatic heterocycles. The van der Waals surface area contributed by atoms with Crippen molar-refractivity contribution in [1.82, 2.24) is 10.6 Å². The van der Waals surface area contributed by atoms with Crippen molar-refractivity contribution in [2.45, 2.75) is 56.5 Å². The topological polar surface area (TPSA) is 84.5 Å². The summed E-state index contributed by atoms with van der Waals surface area (Å²) in [6, 6.07) is 7.31. The maximum Gasteiger partial charge on any atom is 0.339 e. The van der Waals surface area contributed by atoms with Gasteiger partial charge < -0.3 is 15.4 Å². The number of rotatable bonds is 10. The van der Waals surface area contributed by atoms with Gasteiger partial charge in [0.1, 0.15) is 0 Å². The van der Waals surface area contributed by atoms with E-state index in [9.17, 15) is 14.4 Å². The Hall–Kier alpha value is -2.02. The summed E-state index contributed by atoms with van der Waals surface area (Å²) in [5, 5.41) is 5.87. The smallest absolute Gasteiger partial charge is 0.339 e. The first kappa shape index (κ1) is 20.7. The van der Waals surface area contributed by atoms with Gasteiger partial charge >= 0.3 is 5.97 Å². The van der Waals surface area contributed by atoms with Gasteiger partial charge in [0.25, 0.3) is 5.91 Å². The number of carbonyl (C=O) groups excluding carboxylic acids is 3. The molecule has 2 aliphatic carbocycles. The van der Waals surface area contributed by atoms with Crippen LogP contribution in [0.3, 0.4) is 0 Å². The van der Waals surface area contributed by atoms with Crippen LogP contribution in [0.2, 0.25) is 0 Å². The second kappa shape index (κ2) is 9.45. The number of hydrogen-bond donors (Lipinski definition) is 2. The maximum absolute atomic E-state index is 12.4. The second-order valence-corrected chi connectivity index (χ2v) is 8.77. The van der Waals surface area contributed by atoms with E-state index in [0.717, 1.165) is 12.8 Å². The number of ether oxygens (including phenoxy) is 1. The third-order valence-electron chi connectivity index (χ3n) is 5.24. The van der Waals surface area contributed by atoms with Crippen LogP contribution in [0.5, 0.6) is 0 Å². The van der Waals surface area contributed by atoms with Crippen LogP contribution in [-0.2, 0) is 14.3 Å². The van der Waals surface area contributed by atoms with E-state index in [1.165, 1.54) is 24.6 Å². The predicted octanol–water partition coefficient (Wildman–Crippen LogP) is 2.76. The monoisotopic (exact) mass is 404 g/mol. The van der Waals surface area contributed by atoms with Gasteiger partial charge in [0.2, 0.25) is 5.91 Å². The lowest BCUT2D eigenvalue weighted by Crippen LogP contribution is -2.37. The fourth-order valence-corrected chi connectivity index (χ4v) is 3.98. The molecule has 0 heterocycles. The van der Waals surface area contributed by atoms with Crippen LogP contribution < -0.4 is 10.6 Å². The Bertz CT molecular complexity index is 731.